The number of phenols is 1. The Morgan fingerprint density at radius 1 is 0.667 bits per heavy atom. The van der Waals surface area contributed by atoms with Gasteiger partial charge in [0.25, 0.3) is 0 Å². The van der Waals surface area contributed by atoms with Crippen LogP contribution in [0.25, 0.3) is 0 Å². The molecule has 0 aliphatic carbocycles. The lowest BCUT2D eigenvalue weighted by atomic mass is 9.72. The van der Waals surface area contributed by atoms with Gasteiger partial charge in [-0.1, -0.05) is 128 Å². The van der Waals surface area contributed by atoms with E-state index >= 15 is 0 Å². The van der Waals surface area contributed by atoms with Gasteiger partial charge in [0, 0.05) is 11.0 Å². The standard InChI is InChI=1S/C29H44O/c1-5-7-9-10-11-12-13-19-24(18-8-6-2)25-20-14-15-21-26(25)29(3,4)27-22-16-17-23-28(27)30/h14-17,20-24,30H,5-13,18-19H2,1-4H3. The fourth-order valence-corrected chi connectivity index (χ4v) is 4.82. The zero-order chi connectivity index (χ0) is 21.8. The second-order valence-corrected chi connectivity index (χ2v) is 9.48. The van der Waals surface area contributed by atoms with Crippen LogP contribution in [0.1, 0.15) is 121 Å². The molecule has 2 rings (SSSR count). The highest BCUT2D eigenvalue weighted by molar-refractivity contribution is 5.48. The van der Waals surface area contributed by atoms with E-state index in [1.807, 2.05) is 18.2 Å². The smallest absolute Gasteiger partial charge is 0.119 e. The summed E-state index contributed by atoms with van der Waals surface area (Å²) in [6.45, 7) is 9.09. The molecule has 0 aromatic heterocycles. The van der Waals surface area contributed by atoms with E-state index in [0.29, 0.717) is 11.7 Å². The summed E-state index contributed by atoms with van der Waals surface area (Å²) in [4.78, 5) is 0. The summed E-state index contributed by atoms with van der Waals surface area (Å²) in [5, 5.41) is 10.5. The fourth-order valence-electron chi connectivity index (χ4n) is 4.82. The van der Waals surface area contributed by atoms with Crippen molar-refractivity contribution in [2.45, 2.75) is 110 Å². The van der Waals surface area contributed by atoms with Crippen LogP contribution in [0.15, 0.2) is 48.5 Å². The van der Waals surface area contributed by atoms with Gasteiger partial charge in [-0.3, -0.25) is 0 Å². The molecule has 1 nitrogen and oxygen atoms in total. The molecule has 0 saturated carbocycles. The second-order valence-electron chi connectivity index (χ2n) is 9.48. The minimum atomic E-state index is -0.216. The van der Waals surface area contributed by atoms with Crippen molar-refractivity contribution in [3.63, 3.8) is 0 Å². The molecule has 1 heteroatoms. The molecule has 1 atom stereocenters. The Morgan fingerprint density at radius 3 is 1.87 bits per heavy atom. The molecule has 0 spiro atoms. The maximum atomic E-state index is 10.5. The van der Waals surface area contributed by atoms with E-state index in [1.165, 1.54) is 81.8 Å². The quantitative estimate of drug-likeness (QED) is 0.309. The van der Waals surface area contributed by atoms with Gasteiger partial charge in [0.15, 0.2) is 0 Å². The van der Waals surface area contributed by atoms with Crippen molar-refractivity contribution in [2.24, 2.45) is 0 Å². The highest BCUT2D eigenvalue weighted by Gasteiger charge is 2.30. The van der Waals surface area contributed by atoms with Crippen molar-refractivity contribution in [3.8, 4) is 5.75 Å². The molecule has 0 fully saturated rings. The van der Waals surface area contributed by atoms with Crippen LogP contribution in [0.4, 0.5) is 0 Å². The van der Waals surface area contributed by atoms with Crippen LogP contribution < -0.4 is 0 Å². The SMILES string of the molecule is CCCCCCCCCC(CCCC)c1ccccc1C(C)(C)c1ccccc1O. The largest absolute Gasteiger partial charge is 0.508 e. The van der Waals surface area contributed by atoms with Crippen LogP contribution in [0, 0.1) is 0 Å². The lowest BCUT2D eigenvalue weighted by Crippen LogP contribution is -2.22. The Labute approximate surface area is 185 Å². The number of aromatic hydroxyl groups is 1. The second kappa shape index (κ2) is 12.8. The maximum absolute atomic E-state index is 10.5. The Kier molecular flexibility index (Phi) is 10.5. The molecule has 0 radical (unpaired) electrons. The van der Waals surface area contributed by atoms with Crippen molar-refractivity contribution in [1.82, 2.24) is 0 Å². The van der Waals surface area contributed by atoms with Crippen LogP contribution in [0.2, 0.25) is 0 Å². The molecular weight excluding hydrogens is 364 g/mol. The molecule has 30 heavy (non-hydrogen) atoms. The lowest BCUT2D eigenvalue weighted by Gasteiger charge is -2.32. The van der Waals surface area contributed by atoms with Gasteiger partial charge in [0.2, 0.25) is 0 Å². The van der Waals surface area contributed by atoms with Gasteiger partial charge < -0.3 is 5.11 Å². The minimum absolute atomic E-state index is 0.216. The van der Waals surface area contributed by atoms with Crippen molar-refractivity contribution in [3.05, 3.63) is 65.2 Å². The van der Waals surface area contributed by atoms with E-state index in [9.17, 15) is 5.11 Å². The summed E-state index contributed by atoms with van der Waals surface area (Å²) >= 11 is 0. The highest BCUT2D eigenvalue weighted by atomic mass is 16.3. The third-order valence-electron chi connectivity index (χ3n) is 6.71. The Balaban J connectivity index is 2.18. The first-order valence-electron chi connectivity index (χ1n) is 12.4. The monoisotopic (exact) mass is 408 g/mol. The average molecular weight is 409 g/mol. The number of para-hydroxylation sites is 1. The van der Waals surface area contributed by atoms with Gasteiger partial charge in [0.1, 0.15) is 5.75 Å². The van der Waals surface area contributed by atoms with E-state index in [1.54, 1.807) is 0 Å². The molecule has 0 aliphatic rings. The molecule has 166 valence electrons. The molecule has 1 N–H and O–H groups in total. The van der Waals surface area contributed by atoms with Crippen molar-refractivity contribution < 1.29 is 5.11 Å². The summed E-state index contributed by atoms with van der Waals surface area (Å²) in [5.74, 6) is 1.01. The minimum Gasteiger partial charge on any atom is -0.508 e. The van der Waals surface area contributed by atoms with Crippen molar-refractivity contribution in [2.75, 3.05) is 0 Å². The van der Waals surface area contributed by atoms with Crippen LogP contribution in [-0.4, -0.2) is 5.11 Å². The van der Waals surface area contributed by atoms with Gasteiger partial charge in [-0.05, 0) is 36.0 Å². The third-order valence-corrected chi connectivity index (χ3v) is 6.71. The predicted molar refractivity (Wildman–Crippen MR) is 132 cm³/mol. The number of hydrogen-bond donors (Lipinski definition) is 1. The van der Waals surface area contributed by atoms with E-state index in [-0.39, 0.29) is 5.41 Å². The van der Waals surface area contributed by atoms with E-state index in [2.05, 4.69) is 58.0 Å². The van der Waals surface area contributed by atoms with Crippen molar-refractivity contribution in [1.29, 1.82) is 0 Å². The highest BCUT2D eigenvalue weighted by Crippen LogP contribution is 2.42. The fraction of sp³-hybridized carbons (Fsp3) is 0.586. The van der Waals surface area contributed by atoms with Gasteiger partial charge in [-0.15, -0.1) is 0 Å². The topological polar surface area (TPSA) is 20.2 Å². The number of benzene rings is 2. The number of phenolic OH excluding ortho intramolecular Hbond substituents is 1. The molecule has 2 aromatic carbocycles. The average Bonchev–Trinajstić information content (AvgIpc) is 2.75. The zero-order valence-corrected chi connectivity index (χ0v) is 19.9. The molecule has 0 amide bonds. The van der Waals surface area contributed by atoms with Crippen LogP contribution >= 0.6 is 0 Å². The van der Waals surface area contributed by atoms with Crippen LogP contribution in [-0.2, 0) is 5.41 Å². The lowest BCUT2D eigenvalue weighted by molar-refractivity contribution is 0.449. The summed E-state index contributed by atoms with van der Waals surface area (Å²) < 4.78 is 0. The molecule has 0 heterocycles. The summed E-state index contributed by atoms with van der Waals surface area (Å²) in [5.41, 5.74) is 3.66. The summed E-state index contributed by atoms with van der Waals surface area (Å²) in [7, 11) is 0. The number of hydrogen-bond acceptors (Lipinski definition) is 1. The van der Waals surface area contributed by atoms with Gasteiger partial charge in [-0.2, -0.15) is 0 Å². The normalized spacial score (nSPS) is 12.8. The molecule has 0 aliphatic heterocycles. The molecule has 1 unspecified atom stereocenters. The van der Waals surface area contributed by atoms with Gasteiger partial charge in [0.05, 0.1) is 0 Å². The number of unbranched alkanes of at least 4 members (excludes halogenated alkanes) is 7. The van der Waals surface area contributed by atoms with E-state index in [0.717, 1.165) is 5.56 Å². The Morgan fingerprint density at radius 2 is 1.20 bits per heavy atom. The molecular formula is C29H44O. The molecule has 0 saturated heterocycles. The maximum Gasteiger partial charge on any atom is 0.119 e. The van der Waals surface area contributed by atoms with Crippen molar-refractivity contribution >= 4 is 0 Å². The zero-order valence-electron chi connectivity index (χ0n) is 19.9. The first kappa shape index (κ1) is 24.5. The van der Waals surface area contributed by atoms with E-state index < -0.39 is 0 Å². The predicted octanol–water partition coefficient (Wildman–Crippen LogP) is 9.13. The van der Waals surface area contributed by atoms with Gasteiger partial charge >= 0.3 is 0 Å². The van der Waals surface area contributed by atoms with Crippen LogP contribution in [0.3, 0.4) is 0 Å². The Bertz CT molecular complexity index is 731. The van der Waals surface area contributed by atoms with E-state index in [4.69, 9.17) is 0 Å². The Hall–Kier alpha value is -1.76. The molecule has 0 bridgehead atoms. The molecule has 2 aromatic rings. The first-order chi connectivity index (χ1) is 14.5. The summed E-state index contributed by atoms with van der Waals surface area (Å²) in [6.07, 6.45) is 14.6. The first-order valence-corrected chi connectivity index (χ1v) is 12.4. The number of rotatable bonds is 14. The van der Waals surface area contributed by atoms with Crippen LogP contribution in [0.5, 0.6) is 5.75 Å². The summed E-state index contributed by atoms with van der Waals surface area (Å²) in [6, 6.07) is 16.8. The third kappa shape index (κ3) is 6.89. The van der Waals surface area contributed by atoms with Gasteiger partial charge in [-0.25, -0.2) is 0 Å².